The molecule has 0 atom stereocenters. The first-order chi connectivity index (χ1) is 6.20. The molecule has 0 aliphatic heterocycles. The Morgan fingerprint density at radius 2 is 2.23 bits per heavy atom. The molecule has 0 heterocycles. The van der Waals surface area contributed by atoms with Crippen molar-refractivity contribution in [2.24, 2.45) is 0 Å². The molecule has 69 valence electrons. The molecule has 13 heavy (non-hydrogen) atoms. The van der Waals surface area contributed by atoms with Crippen LogP contribution in [0.1, 0.15) is 25.0 Å². The average molecular weight is 194 g/mol. The third kappa shape index (κ3) is 2.13. The smallest absolute Gasteiger partial charge is 0.0440 e. The molecular weight excluding hydrogens is 180 g/mol. The van der Waals surface area contributed by atoms with Gasteiger partial charge in [-0.25, -0.2) is 0 Å². The molecule has 0 bridgehead atoms. The third-order valence-corrected chi connectivity index (χ3v) is 2.56. The fourth-order valence-corrected chi connectivity index (χ4v) is 1.71. The highest BCUT2D eigenvalue weighted by molar-refractivity contribution is 6.31. The standard InChI is InChI=1S/C12H14Cl/c1-4-9(3)11-7-6-8-12(13)10(11)5-2/h4,6-8H,1,5H2,2-3H3. The van der Waals surface area contributed by atoms with Crippen LogP contribution in [-0.4, -0.2) is 0 Å². The lowest BCUT2D eigenvalue weighted by Crippen LogP contribution is -1.97. The van der Waals surface area contributed by atoms with E-state index in [-0.39, 0.29) is 0 Å². The Morgan fingerprint density at radius 3 is 2.77 bits per heavy atom. The van der Waals surface area contributed by atoms with E-state index in [2.05, 4.69) is 26.5 Å². The highest BCUT2D eigenvalue weighted by atomic mass is 35.5. The summed E-state index contributed by atoms with van der Waals surface area (Å²) in [7, 11) is 0. The van der Waals surface area contributed by atoms with Crippen LogP contribution in [0.4, 0.5) is 0 Å². The van der Waals surface area contributed by atoms with Gasteiger partial charge >= 0.3 is 0 Å². The van der Waals surface area contributed by atoms with Crippen LogP contribution < -0.4 is 0 Å². The van der Waals surface area contributed by atoms with Crippen LogP contribution in [0, 0.1) is 5.92 Å². The molecule has 1 aromatic rings. The van der Waals surface area contributed by atoms with Crippen molar-refractivity contribution in [2.45, 2.75) is 20.3 Å². The fourth-order valence-electron chi connectivity index (χ4n) is 1.40. The molecule has 1 heteroatoms. The lowest BCUT2D eigenvalue weighted by Gasteiger charge is -2.12. The minimum absolute atomic E-state index is 0.848. The van der Waals surface area contributed by atoms with Gasteiger partial charge in [0, 0.05) is 10.9 Å². The Morgan fingerprint density at radius 1 is 1.54 bits per heavy atom. The van der Waals surface area contributed by atoms with Crippen molar-refractivity contribution in [1.29, 1.82) is 0 Å². The molecule has 0 saturated carbocycles. The van der Waals surface area contributed by atoms with E-state index in [9.17, 15) is 0 Å². The molecule has 0 spiro atoms. The lowest BCUT2D eigenvalue weighted by atomic mass is 9.94. The number of benzene rings is 1. The zero-order chi connectivity index (χ0) is 9.84. The first kappa shape index (κ1) is 10.3. The van der Waals surface area contributed by atoms with Crippen molar-refractivity contribution in [2.75, 3.05) is 0 Å². The van der Waals surface area contributed by atoms with Gasteiger partial charge in [-0.05, 0) is 23.6 Å². The van der Waals surface area contributed by atoms with Gasteiger partial charge < -0.3 is 0 Å². The molecular formula is C12H14Cl. The van der Waals surface area contributed by atoms with Crippen molar-refractivity contribution in [3.63, 3.8) is 0 Å². The molecule has 0 saturated heterocycles. The molecule has 0 aliphatic carbocycles. The van der Waals surface area contributed by atoms with Crippen LogP contribution in [-0.2, 0) is 6.42 Å². The zero-order valence-corrected chi connectivity index (χ0v) is 8.86. The van der Waals surface area contributed by atoms with Crippen molar-refractivity contribution in [1.82, 2.24) is 0 Å². The normalized spacial score (nSPS) is 10.5. The second-order valence-corrected chi connectivity index (χ2v) is 3.41. The molecule has 0 amide bonds. The lowest BCUT2D eigenvalue weighted by molar-refractivity contribution is 1.08. The molecule has 1 rings (SSSR count). The van der Waals surface area contributed by atoms with E-state index >= 15 is 0 Å². The highest BCUT2D eigenvalue weighted by Crippen LogP contribution is 2.26. The van der Waals surface area contributed by atoms with E-state index in [1.54, 1.807) is 0 Å². The van der Waals surface area contributed by atoms with E-state index in [4.69, 9.17) is 11.6 Å². The molecule has 0 N–H and O–H groups in total. The molecule has 0 nitrogen and oxygen atoms in total. The summed E-state index contributed by atoms with van der Waals surface area (Å²) in [6.45, 7) is 7.93. The van der Waals surface area contributed by atoms with Gasteiger partial charge in [0.25, 0.3) is 0 Å². The van der Waals surface area contributed by atoms with Crippen LogP contribution in [0.2, 0.25) is 5.02 Å². The van der Waals surface area contributed by atoms with Crippen LogP contribution in [0.3, 0.4) is 0 Å². The number of rotatable bonds is 3. The summed E-state index contributed by atoms with van der Waals surface area (Å²) in [5.41, 5.74) is 2.42. The predicted molar refractivity (Wildman–Crippen MR) is 59.0 cm³/mol. The van der Waals surface area contributed by atoms with E-state index in [0.29, 0.717) is 0 Å². The number of allylic oxidation sites excluding steroid dienone is 1. The topological polar surface area (TPSA) is 0 Å². The third-order valence-electron chi connectivity index (χ3n) is 2.20. The summed E-state index contributed by atoms with van der Waals surface area (Å²) >= 11 is 6.08. The van der Waals surface area contributed by atoms with Crippen molar-refractivity contribution >= 4 is 11.6 Å². The minimum Gasteiger partial charge on any atom is -0.102 e. The number of hydrogen-bond donors (Lipinski definition) is 0. The number of hydrogen-bond acceptors (Lipinski definition) is 0. The second kappa shape index (κ2) is 4.48. The van der Waals surface area contributed by atoms with Gasteiger partial charge in [-0.2, -0.15) is 0 Å². The molecule has 1 aromatic carbocycles. The summed E-state index contributed by atoms with van der Waals surface area (Å²) in [6, 6.07) is 5.99. The van der Waals surface area contributed by atoms with E-state index < -0.39 is 0 Å². The molecule has 1 radical (unpaired) electrons. The maximum absolute atomic E-state index is 6.08. The summed E-state index contributed by atoms with van der Waals surface area (Å²) in [6.07, 6.45) is 2.82. The summed E-state index contributed by atoms with van der Waals surface area (Å²) < 4.78 is 0. The Bertz CT molecular complexity index is 302. The van der Waals surface area contributed by atoms with Gasteiger partial charge in [-0.15, -0.1) is 6.58 Å². The average Bonchev–Trinajstić information content (AvgIpc) is 2.16. The van der Waals surface area contributed by atoms with Crippen LogP contribution in [0.25, 0.3) is 0 Å². The largest absolute Gasteiger partial charge is 0.102 e. The van der Waals surface area contributed by atoms with Crippen molar-refractivity contribution in [3.05, 3.63) is 52.9 Å². The summed E-state index contributed by atoms with van der Waals surface area (Å²) in [5.74, 6) is 1.18. The fraction of sp³-hybridized carbons (Fsp3) is 0.250. The van der Waals surface area contributed by atoms with Crippen LogP contribution in [0.15, 0.2) is 30.9 Å². The maximum atomic E-state index is 6.08. The Labute approximate surface area is 85.2 Å². The first-order valence-corrected chi connectivity index (χ1v) is 4.82. The zero-order valence-electron chi connectivity index (χ0n) is 8.10. The summed E-state index contributed by atoms with van der Waals surface area (Å²) in [4.78, 5) is 0. The molecule has 0 fully saturated rings. The van der Waals surface area contributed by atoms with Crippen molar-refractivity contribution in [3.8, 4) is 0 Å². The van der Waals surface area contributed by atoms with Gasteiger partial charge in [-0.3, -0.25) is 0 Å². The van der Waals surface area contributed by atoms with E-state index in [0.717, 1.165) is 11.4 Å². The second-order valence-electron chi connectivity index (χ2n) is 3.01. The Hall–Kier alpha value is -0.750. The quantitative estimate of drug-likeness (QED) is 0.680. The highest BCUT2D eigenvalue weighted by Gasteiger charge is 2.09. The van der Waals surface area contributed by atoms with E-state index in [1.807, 2.05) is 18.2 Å². The Kier molecular flexibility index (Phi) is 3.56. The minimum atomic E-state index is 0.848. The van der Waals surface area contributed by atoms with Crippen LogP contribution >= 0.6 is 11.6 Å². The predicted octanol–water partition coefficient (Wildman–Crippen LogP) is 4.03. The molecule has 0 aromatic heterocycles. The maximum Gasteiger partial charge on any atom is 0.0440 e. The number of halogens is 1. The SMILES string of the molecule is C=C[C](C)c1cccc(Cl)c1CC. The molecule has 0 unspecified atom stereocenters. The van der Waals surface area contributed by atoms with E-state index in [1.165, 1.54) is 17.0 Å². The van der Waals surface area contributed by atoms with Crippen molar-refractivity contribution < 1.29 is 0 Å². The van der Waals surface area contributed by atoms with Gasteiger partial charge in [0.15, 0.2) is 0 Å². The van der Waals surface area contributed by atoms with Gasteiger partial charge in [-0.1, -0.05) is 43.7 Å². The molecule has 0 aliphatic rings. The first-order valence-electron chi connectivity index (χ1n) is 4.44. The Balaban J connectivity index is 3.19. The van der Waals surface area contributed by atoms with Gasteiger partial charge in [0.2, 0.25) is 0 Å². The van der Waals surface area contributed by atoms with Crippen LogP contribution in [0.5, 0.6) is 0 Å². The van der Waals surface area contributed by atoms with Gasteiger partial charge in [0.05, 0.1) is 0 Å². The summed E-state index contributed by atoms with van der Waals surface area (Å²) in [5, 5.41) is 0.848. The monoisotopic (exact) mass is 193 g/mol. The van der Waals surface area contributed by atoms with Gasteiger partial charge in [0.1, 0.15) is 0 Å².